The van der Waals surface area contributed by atoms with Crippen LogP contribution in [0, 0.1) is 17.5 Å². The largest absolute Gasteiger partial charge is 0.455 e. The van der Waals surface area contributed by atoms with Crippen LogP contribution in [0.1, 0.15) is 24.9 Å². The Labute approximate surface area is 176 Å². The van der Waals surface area contributed by atoms with Crippen LogP contribution in [0.2, 0.25) is 0 Å². The first-order valence-corrected chi connectivity index (χ1v) is 9.37. The fourth-order valence-electron chi connectivity index (χ4n) is 3.02. The Morgan fingerprint density at radius 1 is 0.871 bits per heavy atom. The molecule has 31 heavy (non-hydrogen) atoms. The highest BCUT2D eigenvalue weighted by molar-refractivity contribution is 5.93. The van der Waals surface area contributed by atoms with Crippen molar-refractivity contribution >= 4 is 17.5 Å². The van der Waals surface area contributed by atoms with Crippen molar-refractivity contribution in [3.8, 4) is 11.5 Å². The van der Waals surface area contributed by atoms with Crippen molar-refractivity contribution in [1.82, 2.24) is 5.32 Å². The van der Waals surface area contributed by atoms with Gasteiger partial charge in [-0.25, -0.2) is 13.2 Å². The smallest absolute Gasteiger partial charge is 0.226 e. The minimum atomic E-state index is -1.29. The Kier molecular flexibility index (Phi) is 6.92. The molecule has 2 amide bonds. The average molecular weight is 428 g/mol. The summed E-state index contributed by atoms with van der Waals surface area (Å²) in [5.74, 6) is -3.46. The summed E-state index contributed by atoms with van der Waals surface area (Å²) in [5.41, 5.74) is -0.686. The number of carbonyl (C=O) groups excluding carboxylic acids is 2. The van der Waals surface area contributed by atoms with Gasteiger partial charge in [-0.1, -0.05) is 30.3 Å². The van der Waals surface area contributed by atoms with E-state index in [1.54, 1.807) is 30.3 Å². The summed E-state index contributed by atoms with van der Waals surface area (Å²) in [4.78, 5) is 24.2. The number of para-hydroxylation sites is 2. The van der Waals surface area contributed by atoms with E-state index in [9.17, 15) is 22.8 Å². The normalized spacial score (nSPS) is 11.5. The van der Waals surface area contributed by atoms with Gasteiger partial charge in [0.2, 0.25) is 11.8 Å². The molecule has 0 spiro atoms. The maximum absolute atomic E-state index is 14.4. The second-order valence-electron chi connectivity index (χ2n) is 6.67. The second kappa shape index (κ2) is 9.80. The van der Waals surface area contributed by atoms with Gasteiger partial charge < -0.3 is 15.4 Å². The van der Waals surface area contributed by atoms with E-state index in [4.69, 9.17) is 4.74 Å². The number of hydrogen-bond acceptors (Lipinski definition) is 3. The number of benzene rings is 3. The molecule has 0 heterocycles. The molecule has 0 saturated heterocycles. The lowest BCUT2D eigenvalue weighted by molar-refractivity contribution is -0.120. The van der Waals surface area contributed by atoms with E-state index in [0.29, 0.717) is 5.75 Å². The van der Waals surface area contributed by atoms with Crippen LogP contribution in [-0.4, -0.2) is 11.8 Å². The van der Waals surface area contributed by atoms with Crippen molar-refractivity contribution in [2.75, 3.05) is 5.32 Å². The van der Waals surface area contributed by atoms with Crippen LogP contribution in [0.15, 0.2) is 66.7 Å². The van der Waals surface area contributed by atoms with Crippen molar-refractivity contribution in [2.45, 2.75) is 19.4 Å². The number of anilines is 1. The predicted octanol–water partition coefficient (Wildman–Crippen LogP) is 5.10. The Morgan fingerprint density at radius 2 is 1.48 bits per heavy atom. The minimum Gasteiger partial charge on any atom is -0.455 e. The molecule has 0 aliphatic heterocycles. The Hall–Kier alpha value is -3.81. The first-order valence-electron chi connectivity index (χ1n) is 9.37. The minimum absolute atomic E-state index is 0.0488. The van der Waals surface area contributed by atoms with Crippen LogP contribution < -0.4 is 15.4 Å². The summed E-state index contributed by atoms with van der Waals surface area (Å²) in [6.07, 6.45) is -0.531. The molecule has 0 saturated carbocycles. The molecule has 0 aromatic heterocycles. The van der Waals surface area contributed by atoms with Crippen LogP contribution >= 0.6 is 0 Å². The molecule has 1 unspecified atom stereocenters. The molecule has 8 heteroatoms. The molecule has 0 radical (unpaired) electrons. The topological polar surface area (TPSA) is 67.4 Å². The van der Waals surface area contributed by atoms with Crippen LogP contribution in [0.3, 0.4) is 0 Å². The molecule has 160 valence electrons. The van der Waals surface area contributed by atoms with Crippen molar-refractivity contribution < 1.29 is 27.5 Å². The molecule has 0 aliphatic carbocycles. The molecular weight excluding hydrogens is 409 g/mol. The quantitative estimate of drug-likeness (QED) is 0.550. The maximum Gasteiger partial charge on any atom is 0.226 e. The van der Waals surface area contributed by atoms with Gasteiger partial charge in [-0.2, -0.15) is 0 Å². The third-order valence-corrected chi connectivity index (χ3v) is 4.33. The molecule has 1 atom stereocenters. The lowest BCUT2D eigenvalue weighted by Gasteiger charge is -2.20. The number of ether oxygens (including phenoxy) is 1. The third-order valence-electron chi connectivity index (χ3n) is 4.33. The van der Waals surface area contributed by atoms with E-state index >= 15 is 0 Å². The first kappa shape index (κ1) is 21.9. The highest BCUT2D eigenvalue weighted by Gasteiger charge is 2.25. The Balaban J connectivity index is 1.84. The van der Waals surface area contributed by atoms with Crippen LogP contribution in [0.5, 0.6) is 11.5 Å². The Morgan fingerprint density at radius 3 is 2.13 bits per heavy atom. The highest BCUT2D eigenvalue weighted by atomic mass is 19.1. The molecule has 3 aromatic rings. The average Bonchev–Trinajstić information content (AvgIpc) is 2.71. The molecule has 3 rings (SSSR count). The monoisotopic (exact) mass is 428 g/mol. The fourth-order valence-corrected chi connectivity index (χ4v) is 3.02. The molecule has 0 fully saturated rings. The summed E-state index contributed by atoms with van der Waals surface area (Å²) in [6, 6.07) is 14.5. The summed E-state index contributed by atoms with van der Waals surface area (Å²) in [6.45, 7) is 1.16. The third kappa shape index (κ3) is 5.63. The van der Waals surface area contributed by atoms with E-state index in [1.807, 2.05) is 0 Å². The fraction of sp³-hybridized carbons (Fsp3) is 0.130. The number of hydrogen-bond donors (Lipinski definition) is 2. The van der Waals surface area contributed by atoms with Gasteiger partial charge in [0, 0.05) is 12.5 Å². The molecule has 5 nitrogen and oxygen atoms in total. The summed E-state index contributed by atoms with van der Waals surface area (Å²) in [7, 11) is 0. The Bertz CT molecular complexity index is 1070. The van der Waals surface area contributed by atoms with Gasteiger partial charge in [0.25, 0.3) is 0 Å². The second-order valence-corrected chi connectivity index (χ2v) is 6.67. The van der Waals surface area contributed by atoms with Gasteiger partial charge in [0.15, 0.2) is 11.6 Å². The van der Waals surface area contributed by atoms with E-state index in [-0.39, 0.29) is 11.4 Å². The van der Waals surface area contributed by atoms with Gasteiger partial charge in [-0.15, -0.1) is 0 Å². The summed E-state index contributed by atoms with van der Waals surface area (Å²) >= 11 is 0. The standard InChI is InChI=1S/C23H19F3N2O3/c1-14(29)27-19(22-16(24)9-5-10-17(22)25)13-21(30)28-23-18(26)11-6-12-20(23)31-15-7-3-2-4-8-15/h2-12,19H,13H2,1H3,(H,27,29)(H,28,30). The lowest BCUT2D eigenvalue weighted by atomic mass is 10.0. The molecule has 0 bridgehead atoms. The van der Waals surface area contributed by atoms with E-state index in [0.717, 1.165) is 25.1 Å². The van der Waals surface area contributed by atoms with E-state index in [1.165, 1.54) is 18.2 Å². The maximum atomic E-state index is 14.4. The van der Waals surface area contributed by atoms with Crippen molar-refractivity contribution in [3.63, 3.8) is 0 Å². The van der Waals surface area contributed by atoms with Gasteiger partial charge in [0.1, 0.15) is 23.1 Å². The highest BCUT2D eigenvalue weighted by Crippen LogP contribution is 2.32. The van der Waals surface area contributed by atoms with Crippen LogP contribution in [0.4, 0.5) is 18.9 Å². The summed E-state index contributed by atoms with van der Waals surface area (Å²) < 4.78 is 48.5. The van der Waals surface area contributed by atoms with Crippen molar-refractivity contribution in [2.24, 2.45) is 0 Å². The van der Waals surface area contributed by atoms with Gasteiger partial charge in [-0.3, -0.25) is 9.59 Å². The number of carbonyl (C=O) groups is 2. The van der Waals surface area contributed by atoms with Gasteiger partial charge in [-0.05, 0) is 36.4 Å². The number of halogens is 3. The summed E-state index contributed by atoms with van der Waals surface area (Å²) in [5, 5.41) is 4.74. The zero-order chi connectivity index (χ0) is 22.4. The lowest BCUT2D eigenvalue weighted by Crippen LogP contribution is -2.31. The zero-order valence-corrected chi connectivity index (χ0v) is 16.5. The van der Waals surface area contributed by atoms with Crippen LogP contribution in [-0.2, 0) is 9.59 Å². The van der Waals surface area contributed by atoms with Crippen molar-refractivity contribution in [3.05, 3.63) is 89.7 Å². The molecule has 0 aliphatic rings. The number of rotatable bonds is 7. The SMILES string of the molecule is CC(=O)NC(CC(=O)Nc1c(F)cccc1Oc1ccccc1)c1c(F)cccc1F. The van der Waals surface area contributed by atoms with E-state index < -0.39 is 47.3 Å². The zero-order valence-electron chi connectivity index (χ0n) is 16.5. The molecule has 2 N–H and O–H groups in total. The van der Waals surface area contributed by atoms with Crippen LogP contribution in [0.25, 0.3) is 0 Å². The van der Waals surface area contributed by atoms with Gasteiger partial charge >= 0.3 is 0 Å². The van der Waals surface area contributed by atoms with Crippen molar-refractivity contribution in [1.29, 1.82) is 0 Å². The number of nitrogens with one attached hydrogen (secondary N) is 2. The number of amides is 2. The molecule has 3 aromatic carbocycles. The van der Waals surface area contributed by atoms with Gasteiger partial charge in [0.05, 0.1) is 12.5 Å². The first-order chi connectivity index (χ1) is 14.8. The predicted molar refractivity (Wildman–Crippen MR) is 109 cm³/mol. The molecular formula is C23H19F3N2O3. The van der Waals surface area contributed by atoms with E-state index in [2.05, 4.69) is 10.6 Å².